The number of hydrogen-bond acceptors (Lipinski definition) is 6. The number of sulfonamides is 1. The average molecular weight is 444 g/mol. The van der Waals surface area contributed by atoms with Crippen LogP contribution in [0.15, 0.2) is 18.2 Å². The molecule has 29 heavy (non-hydrogen) atoms. The Morgan fingerprint density at radius 2 is 1.79 bits per heavy atom. The number of halogens is 1. The Hall–Kier alpha value is -2.33. The Bertz CT molecular complexity index is 943. The normalized spacial score (nSPS) is 21.4. The van der Waals surface area contributed by atoms with E-state index in [1.807, 2.05) is 0 Å². The first-order valence-electron chi connectivity index (χ1n) is 9.23. The molecule has 1 aromatic carbocycles. The molecule has 2 aliphatic heterocycles. The van der Waals surface area contributed by atoms with Crippen LogP contribution < -0.4 is 4.31 Å². The van der Waals surface area contributed by atoms with Gasteiger partial charge in [0.25, 0.3) is 5.91 Å². The van der Waals surface area contributed by atoms with E-state index in [-0.39, 0.29) is 34.5 Å². The van der Waals surface area contributed by atoms with Crippen LogP contribution in [0.4, 0.5) is 10.5 Å². The fourth-order valence-corrected chi connectivity index (χ4v) is 5.44. The maximum Gasteiger partial charge on any atom is 0.409 e. The van der Waals surface area contributed by atoms with E-state index in [2.05, 4.69) is 0 Å². The Morgan fingerprint density at radius 3 is 2.34 bits per heavy atom. The van der Waals surface area contributed by atoms with Crippen molar-refractivity contribution >= 4 is 45.2 Å². The molecule has 2 aliphatic rings. The van der Waals surface area contributed by atoms with Crippen LogP contribution in [0.3, 0.4) is 0 Å². The Labute approximate surface area is 174 Å². The average Bonchev–Trinajstić information content (AvgIpc) is 2.89. The molecule has 0 aromatic heterocycles. The summed E-state index contributed by atoms with van der Waals surface area (Å²) in [6.07, 6.45) is -0.416. The predicted molar refractivity (Wildman–Crippen MR) is 106 cm³/mol. The third-order valence-corrected chi connectivity index (χ3v) is 7.04. The van der Waals surface area contributed by atoms with Crippen molar-refractivity contribution in [3.05, 3.63) is 28.8 Å². The first-order valence-corrected chi connectivity index (χ1v) is 11.2. The third kappa shape index (κ3) is 4.18. The van der Waals surface area contributed by atoms with Crippen LogP contribution >= 0.6 is 11.6 Å². The zero-order valence-corrected chi connectivity index (χ0v) is 17.7. The largest absolute Gasteiger partial charge is 0.450 e. The lowest BCUT2D eigenvalue weighted by atomic mass is 10.1. The van der Waals surface area contributed by atoms with E-state index in [1.165, 1.54) is 30.0 Å². The van der Waals surface area contributed by atoms with Crippen molar-refractivity contribution in [3.63, 3.8) is 0 Å². The molecule has 3 rings (SSSR count). The standard InChI is InChI=1S/C18H22ClN3O6S/c1-3-28-18(25)21-8-6-20(7-9-21)17(24)13-4-5-14(19)15(10-13)22-16(23)12(2)11-29(22,26)27/h4-5,10,12H,3,6-9,11H2,1-2H3. The minimum Gasteiger partial charge on any atom is -0.450 e. The lowest BCUT2D eigenvalue weighted by Crippen LogP contribution is -2.50. The lowest BCUT2D eigenvalue weighted by molar-refractivity contribution is -0.119. The van der Waals surface area contributed by atoms with Gasteiger partial charge in [0.1, 0.15) is 0 Å². The van der Waals surface area contributed by atoms with Gasteiger partial charge in [0.15, 0.2) is 0 Å². The number of benzene rings is 1. The van der Waals surface area contributed by atoms with Gasteiger partial charge in [-0.15, -0.1) is 0 Å². The molecule has 2 saturated heterocycles. The summed E-state index contributed by atoms with van der Waals surface area (Å²) in [5, 5.41) is 0.0692. The molecule has 0 N–H and O–H groups in total. The minimum absolute atomic E-state index is 0.0166. The summed E-state index contributed by atoms with van der Waals surface area (Å²) in [4.78, 5) is 40.1. The highest BCUT2D eigenvalue weighted by atomic mass is 35.5. The summed E-state index contributed by atoms with van der Waals surface area (Å²) < 4.78 is 30.4. The second kappa shape index (κ2) is 8.19. The number of piperazine rings is 1. The number of carbonyl (C=O) groups excluding carboxylic acids is 3. The van der Waals surface area contributed by atoms with E-state index in [4.69, 9.17) is 16.3 Å². The highest BCUT2D eigenvalue weighted by Gasteiger charge is 2.43. The van der Waals surface area contributed by atoms with Gasteiger partial charge >= 0.3 is 6.09 Å². The van der Waals surface area contributed by atoms with Gasteiger partial charge in [-0.05, 0) is 25.1 Å². The molecule has 11 heteroatoms. The molecule has 1 unspecified atom stereocenters. The van der Waals surface area contributed by atoms with E-state index in [9.17, 15) is 22.8 Å². The molecule has 158 valence electrons. The van der Waals surface area contributed by atoms with Gasteiger partial charge in [-0.3, -0.25) is 9.59 Å². The van der Waals surface area contributed by atoms with Crippen molar-refractivity contribution in [3.8, 4) is 0 Å². The molecule has 0 spiro atoms. The summed E-state index contributed by atoms with van der Waals surface area (Å²) in [5.41, 5.74) is 0.202. The molecule has 9 nitrogen and oxygen atoms in total. The molecule has 0 aliphatic carbocycles. The van der Waals surface area contributed by atoms with E-state index < -0.39 is 27.9 Å². The number of anilines is 1. The van der Waals surface area contributed by atoms with Gasteiger partial charge in [0.2, 0.25) is 15.9 Å². The fraction of sp³-hybridized carbons (Fsp3) is 0.500. The quantitative estimate of drug-likeness (QED) is 0.702. The summed E-state index contributed by atoms with van der Waals surface area (Å²) in [5.74, 6) is -1.87. The zero-order valence-electron chi connectivity index (χ0n) is 16.1. The van der Waals surface area contributed by atoms with Crippen molar-refractivity contribution in [1.82, 2.24) is 9.80 Å². The first kappa shape index (κ1) is 21.4. The van der Waals surface area contributed by atoms with Crippen LogP contribution in [0.25, 0.3) is 0 Å². The van der Waals surface area contributed by atoms with Crippen molar-refractivity contribution in [1.29, 1.82) is 0 Å². The monoisotopic (exact) mass is 443 g/mol. The van der Waals surface area contributed by atoms with Gasteiger partial charge < -0.3 is 14.5 Å². The van der Waals surface area contributed by atoms with Gasteiger partial charge in [-0.2, -0.15) is 0 Å². The van der Waals surface area contributed by atoms with Gasteiger partial charge in [-0.1, -0.05) is 18.5 Å². The third-order valence-electron chi connectivity index (χ3n) is 4.87. The maximum absolute atomic E-state index is 12.9. The molecule has 1 aromatic rings. The Kier molecular flexibility index (Phi) is 6.04. The summed E-state index contributed by atoms with van der Waals surface area (Å²) in [6, 6.07) is 4.23. The highest BCUT2D eigenvalue weighted by Crippen LogP contribution is 2.34. The van der Waals surface area contributed by atoms with E-state index in [0.717, 1.165) is 0 Å². The van der Waals surface area contributed by atoms with Crippen LogP contribution in [-0.2, 0) is 19.6 Å². The van der Waals surface area contributed by atoms with Crippen LogP contribution in [0, 0.1) is 5.92 Å². The fourth-order valence-electron chi connectivity index (χ4n) is 3.36. The first-order chi connectivity index (χ1) is 13.7. The number of ether oxygens (including phenoxy) is 1. The van der Waals surface area contributed by atoms with Gasteiger partial charge in [0, 0.05) is 31.7 Å². The molecule has 1 atom stereocenters. The van der Waals surface area contributed by atoms with Crippen LogP contribution in [0.1, 0.15) is 24.2 Å². The zero-order chi connectivity index (χ0) is 21.3. The van der Waals surface area contributed by atoms with E-state index in [0.29, 0.717) is 30.5 Å². The maximum atomic E-state index is 12.9. The summed E-state index contributed by atoms with van der Waals surface area (Å²) >= 11 is 6.15. The molecular weight excluding hydrogens is 422 g/mol. The van der Waals surface area contributed by atoms with Gasteiger partial charge in [0.05, 0.1) is 29.0 Å². The molecule has 2 fully saturated rings. The Morgan fingerprint density at radius 1 is 1.17 bits per heavy atom. The van der Waals surface area contributed by atoms with Crippen LogP contribution in [0.2, 0.25) is 5.02 Å². The summed E-state index contributed by atoms with van der Waals surface area (Å²) in [6.45, 7) is 4.83. The summed E-state index contributed by atoms with van der Waals surface area (Å²) in [7, 11) is -3.83. The van der Waals surface area contributed by atoms with Crippen LogP contribution in [-0.4, -0.2) is 74.7 Å². The molecule has 0 bridgehead atoms. The van der Waals surface area contributed by atoms with E-state index >= 15 is 0 Å². The Balaban J connectivity index is 1.79. The molecule has 0 saturated carbocycles. The van der Waals surface area contributed by atoms with Crippen molar-refractivity contribution in [2.75, 3.05) is 42.8 Å². The number of carbonyl (C=O) groups is 3. The SMILES string of the molecule is CCOC(=O)N1CCN(C(=O)c2ccc(Cl)c(N3C(=O)C(C)CS3(=O)=O)c2)CC1. The molecule has 3 amide bonds. The van der Waals surface area contributed by atoms with Gasteiger partial charge in [-0.25, -0.2) is 17.5 Å². The topological polar surface area (TPSA) is 104 Å². The second-order valence-corrected chi connectivity index (χ2v) is 9.20. The lowest BCUT2D eigenvalue weighted by Gasteiger charge is -2.34. The number of amides is 3. The number of rotatable bonds is 3. The second-order valence-electron chi connectivity index (χ2n) is 6.93. The van der Waals surface area contributed by atoms with Crippen molar-refractivity contribution in [2.45, 2.75) is 13.8 Å². The van der Waals surface area contributed by atoms with Crippen molar-refractivity contribution in [2.24, 2.45) is 5.92 Å². The number of hydrogen-bond donors (Lipinski definition) is 0. The molecular formula is C18H22ClN3O6S. The predicted octanol–water partition coefficient (Wildman–Crippen LogP) is 1.57. The number of nitrogens with zero attached hydrogens (tertiary/aromatic N) is 3. The smallest absolute Gasteiger partial charge is 0.409 e. The minimum atomic E-state index is -3.83. The van der Waals surface area contributed by atoms with Crippen LogP contribution in [0.5, 0.6) is 0 Å². The van der Waals surface area contributed by atoms with Crippen molar-refractivity contribution < 1.29 is 27.5 Å². The van der Waals surface area contributed by atoms with E-state index in [1.54, 1.807) is 11.8 Å². The molecule has 2 heterocycles. The molecule has 0 radical (unpaired) electrons. The highest BCUT2D eigenvalue weighted by molar-refractivity contribution is 7.94.